The van der Waals surface area contributed by atoms with Crippen molar-refractivity contribution in [2.75, 3.05) is 13.1 Å². The van der Waals surface area contributed by atoms with E-state index >= 15 is 0 Å². The molecule has 1 heterocycles. The first kappa shape index (κ1) is 12.6. The predicted octanol–water partition coefficient (Wildman–Crippen LogP) is 1.87. The minimum absolute atomic E-state index is 0.205. The van der Waals surface area contributed by atoms with Gasteiger partial charge in [-0.3, -0.25) is 14.5 Å². The number of carbonyl (C=O) groups excluding carboxylic acids is 2. The van der Waals surface area contributed by atoms with Crippen molar-refractivity contribution in [1.82, 2.24) is 4.90 Å². The zero-order valence-electron chi connectivity index (χ0n) is 10.5. The van der Waals surface area contributed by atoms with Crippen molar-refractivity contribution in [2.45, 2.75) is 57.6 Å². The van der Waals surface area contributed by atoms with E-state index in [-0.39, 0.29) is 5.97 Å². The molecule has 0 radical (unpaired) electrons. The van der Waals surface area contributed by atoms with Crippen molar-refractivity contribution in [3.8, 4) is 0 Å². The molecule has 0 unspecified atom stereocenters. The van der Waals surface area contributed by atoms with Crippen molar-refractivity contribution in [2.24, 2.45) is 0 Å². The number of esters is 1. The number of ether oxygens (including phenoxy) is 1. The highest BCUT2D eigenvalue weighted by Gasteiger charge is 2.42. The molecule has 17 heavy (non-hydrogen) atoms. The Hall–Kier alpha value is -0.900. The van der Waals surface area contributed by atoms with E-state index in [1.807, 2.05) is 0 Å². The fourth-order valence-electron chi connectivity index (χ4n) is 3.02. The Labute approximate surface area is 102 Å². The highest BCUT2D eigenvalue weighted by Crippen LogP contribution is 2.36. The van der Waals surface area contributed by atoms with Crippen LogP contribution >= 0.6 is 0 Å². The van der Waals surface area contributed by atoms with Crippen LogP contribution in [0.3, 0.4) is 0 Å². The number of Topliss-reactive ketones (excluding diaryl/α,β-unsaturated/α-hetero) is 1. The topological polar surface area (TPSA) is 46.6 Å². The van der Waals surface area contributed by atoms with Crippen molar-refractivity contribution in [1.29, 1.82) is 0 Å². The standard InChI is InChI=1S/C13H21NO3/c1-11(15)17-13(7-3-2-4-8-13)14-9-5-12(16)6-10-14/h2-10H2,1H3. The molecule has 2 fully saturated rings. The summed E-state index contributed by atoms with van der Waals surface area (Å²) in [6, 6.07) is 0. The van der Waals surface area contributed by atoms with Crippen LogP contribution in [0.25, 0.3) is 0 Å². The summed E-state index contributed by atoms with van der Waals surface area (Å²) in [5.41, 5.74) is -0.412. The Kier molecular flexibility index (Phi) is 3.82. The molecule has 0 bridgehead atoms. The molecule has 0 spiro atoms. The predicted molar refractivity (Wildman–Crippen MR) is 63.4 cm³/mol. The van der Waals surface area contributed by atoms with E-state index < -0.39 is 5.72 Å². The van der Waals surface area contributed by atoms with Crippen molar-refractivity contribution in [3.05, 3.63) is 0 Å². The minimum Gasteiger partial charge on any atom is -0.444 e. The number of likely N-dealkylation sites (tertiary alicyclic amines) is 1. The fraction of sp³-hybridized carbons (Fsp3) is 0.846. The molecule has 0 aromatic carbocycles. The summed E-state index contributed by atoms with van der Waals surface area (Å²) in [4.78, 5) is 24.8. The summed E-state index contributed by atoms with van der Waals surface area (Å²) in [5, 5.41) is 0. The lowest BCUT2D eigenvalue weighted by Crippen LogP contribution is -2.55. The third kappa shape index (κ3) is 2.86. The van der Waals surface area contributed by atoms with Gasteiger partial charge in [0.1, 0.15) is 5.78 Å². The number of carbonyl (C=O) groups is 2. The maximum Gasteiger partial charge on any atom is 0.304 e. The number of nitrogens with zero attached hydrogens (tertiary/aromatic N) is 1. The first-order chi connectivity index (χ1) is 8.12. The second kappa shape index (κ2) is 5.17. The fourth-order valence-corrected chi connectivity index (χ4v) is 3.02. The van der Waals surface area contributed by atoms with Gasteiger partial charge in [0.2, 0.25) is 0 Å². The van der Waals surface area contributed by atoms with E-state index in [0.717, 1.165) is 38.8 Å². The Bertz CT molecular complexity index is 298. The molecule has 0 N–H and O–H groups in total. The van der Waals surface area contributed by atoms with Crippen LogP contribution in [0.4, 0.5) is 0 Å². The van der Waals surface area contributed by atoms with Gasteiger partial charge in [0, 0.05) is 45.7 Å². The molecular formula is C13H21NO3. The summed E-state index contributed by atoms with van der Waals surface area (Å²) in [6.07, 6.45) is 6.47. The van der Waals surface area contributed by atoms with E-state index in [9.17, 15) is 9.59 Å². The van der Waals surface area contributed by atoms with Crippen LogP contribution in [0.1, 0.15) is 51.9 Å². The van der Waals surface area contributed by atoms with Gasteiger partial charge >= 0.3 is 5.97 Å². The van der Waals surface area contributed by atoms with E-state index in [0.29, 0.717) is 18.6 Å². The molecule has 96 valence electrons. The van der Waals surface area contributed by atoms with Gasteiger partial charge in [-0.1, -0.05) is 6.42 Å². The first-order valence-electron chi connectivity index (χ1n) is 6.59. The second-order valence-corrected chi connectivity index (χ2v) is 5.13. The maximum atomic E-state index is 11.3. The van der Waals surface area contributed by atoms with Crippen LogP contribution in [0, 0.1) is 0 Å². The van der Waals surface area contributed by atoms with Crippen molar-refractivity contribution >= 4 is 11.8 Å². The smallest absolute Gasteiger partial charge is 0.304 e. The zero-order chi connectivity index (χ0) is 12.3. The van der Waals surface area contributed by atoms with Crippen LogP contribution in [0.2, 0.25) is 0 Å². The summed E-state index contributed by atoms with van der Waals surface area (Å²) in [5.74, 6) is 0.124. The molecule has 0 aromatic rings. The third-order valence-corrected chi connectivity index (χ3v) is 3.87. The van der Waals surface area contributed by atoms with Gasteiger partial charge in [0.25, 0.3) is 0 Å². The number of piperidine rings is 1. The number of hydrogen-bond acceptors (Lipinski definition) is 4. The lowest BCUT2D eigenvalue weighted by molar-refractivity contribution is -0.194. The van der Waals surface area contributed by atoms with Gasteiger partial charge in [-0.25, -0.2) is 0 Å². The molecule has 1 saturated heterocycles. The summed E-state index contributed by atoms with van der Waals surface area (Å²) >= 11 is 0. The van der Waals surface area contributed by atoms with Crippen LogP contribution in [-0.2, 0) is 14.3 Å². The monoisotopic (exact) mass is 239 g/mol. The SMILES string of the molecule is CC(=O)OC1(N2CCC(=O)CC2)CCCCC1. The molecule has 0 amide bonds. The summed E-state index contributed by atoms with van der Waals surface area (Å²) in [7, 11) is 0. The quantitative estimate of drug-likeness (QED) is 0.690. The normalized spacial score (nSPS) is 25.6. The molecule has 2 rings (SSSR count). The Morgan fingerprint density at radius 1 is 1.18 bits per heavy atom. The van der Waals surface area contributed by atoms with Gasteiger partial charge in [0.05, 0.1) is 0 Å². The largest absolute Gasteiger partial charge is 0.444 e. The molecule has 0 aromatic heterocycles. The molecule has 4 nitrogen and oxygen atoms in total. The Morgan fingerprint density at radius 3 is 2.29 bits per heavy atom. The summed E-state index contributed by atoms with van der Waals surface area (Å²) in [6.45, 7) is 2.96. The average Bonchev–Trinajstić information content (AvgIpc) is 2.30. The molecule has 0 atom stereocenters. The van der Waals surface area contributed by atoms with Gasteiger partial charge in [-0.15, -0.1) is 0 Å². The minimum atomic E-state index is -0.412. The van der Waals surface area contributed by atoms with Crippen LogP contribution < -0.4 is 0 Å². The van der Waals surface area contributed by atoms with E-state index in [4.69, 9.17) is 4.74 Å². The molecule has 1 aliphatic carbocycles. The Balaban J connectivity index is 2.08. The van der Waals surface area contributed by atoms with Crippen LogP contribution in [0.15, 0.2) is 0 Å². The molecule has 1 aliphatic heterocycles. The lowest BCUT2D eigenvalue weighted by atomic mass is 9.88. The van der Waals surface area contributed by atoms with E-state index in [1.54, 1.807) is 0 Å². The zero-order valence-corrected chi connectivity index (χ0v) is 10.5. The van der Waals surface area contributed by atoms with Gasteiger partial charge in [-0.05, 0) is 12.8 Å². The molecule has 4 heteroatoms. The molecule has 2 aliphatic rings. The maximum absolute atomic E-state index is 11.3. The van der Waals surface area contributed by atoms with Crippen LogP contribution in [0.5, 0.6) is 0 Å². The second-order valence-electron chi connectivity index (χ2n) is 5.13. The lowest BCUT2D eigenvalue weighted by Gasteiger charge is -2.46. The summed E-state index contributed by atoms with van der Waals surface area (Å²) < 4.78 is 5.63. The van der Waals surface area contributed by atoms with Crippen molar-refractivity contribution in [3.63, 3.8) is 0 Å². The first-order valence-corrected chi connectivity index (χ1v) is 6.59. The van der Waals surface area contributed by atoms with Gasteiger partial charge < -0.3 is 4.74 Å². The Morgan fingerprint density at radius 2 is 1.76 bits per heavy atom. The van der Waals surface area contributed by atoms with E-state index in [2.05, 4.69) is 4.90 Å². The van der Waals surface area contributed by atoms with Crippen molar-refractivity contribution < 1.29 is 14.3 Å². The molecule has 1 saturated carbocycles. The highest BCUT2D eigenvalue weighted by molar-refractivity contribution is 5.79. The highest BCUT2D eigenvalue weighted by atomic mass is 16.6. The van der Waals surface area contributed by atoms with Gasteiger partial charge in [-0.2, -0.15) is 0 Å². The van der Waals surface area contributed by atoms with Crippen LogP contribution in [-0.4, -0.2) is 35.5 Å². The average molecular weight is 239 g/mol. The number of rotatable bonds is 2. The number of ketones is 1. The third-order valence-electron chi connectivity index (χ3n) is 3.87. The van der Waals surface area contributed by atoms with E-state index in [1.165, 1.54) is 13.3 Å². The molecular weight excluding hydrogens is 218 g/mol. The van der Waals surface area contributed by atoms with Gasteiger partial charge in [0.15, 0.2) is 5.72 Å². The number of hydrogen-bond donors (Lipinski definition) is 0.